The first-order valence-corrected chi connectivity index (χ1v) is 10.4. The first kappa shape index (κ1) is 18.8. The topological polar surface area (TPSA) is 71.0 Å². The van der Waals surface area contributed by atoms with Gasteiger partial charge in [-0.05, 0) is 37.1 Å². The van der Waals surface area contributed by atoms with Crippen LogP contribution in [0.4, 0.5) is 20.3 Å². The number of nitrogens with zero attached hydrogens (tertiary/aromatic N) is 4. The molecule has 9 heteroatoms. The summed E-state index contributed by atoms with van der Waals surface area (Å²) in [6.45, 7) is 1.27. The van der Waals surface area contributed by atoms with Gasteiger partial charge in [-0.1, -0.05) is 0 Å². The van der Waals surface area contributed by atoms with E-state index in [2.05, 4.69) is 25.2 Å². The standard InChI is InChI=1S/C21H17F2N5OS/c22-13-3-4-15(23)16(10-13)27-20(29)12-5-8-28(9-6-12)19-18-17(25-11-26-19)14-2-1-7-24-21(14)30-18/h1-4,7,10-12H,5-6,8-9H2,(H,27,29). The van der Waals surface area contributed by atoms with E-state index in [-0.39, 0.29) is 17.5 Å². The number of nitrogens with one attached hydrogen (secondary N) is 1. The molecule has 152 valence electrons. The minimum Gasteiger partial charge on any atom is -0.355 e. The average Bonchev–Trinajstić information content (AvgIpc) is 3.15. The molecule has 6 nitrogen and oxygen atoms in total. The van der Waals surface area contributed by atoms with Crippen LogP contribution in [0.15, 0.2) is 42.9 Å². The number of benzene rings is 1. The van der Waals surface area contributed by atoms with Crippen molar-refractivity contribution in [2.24, 2.45) is 5.92 Å². The minimum atomic E-state index is -0.649. The number of anilines is 2. The van der Waals surface area contributed by atoms with E-state index in [1.807, 2.05) is 12.1 Å². The third-order valence-corrected chi connectivity index (χ3v) is 6.46. The van der Waals surface area contributed by atoms with Crippen molar-refractivity contribution in [2.45, 2.75) is 12.8 Å². The zero-order chi connectivity index (χ0) is 20.7. The van der Waals surface area contributed by atoms with Gasteiger partial charge in [0.05, 0.1) is 15.9 Å². The van der Waals surface area contributed by atoms with Crippen molar-refractivity contribution in [3.63, 3.8) is 0 Å². The quantitative estimate of drug-likeness (QED) is 0.528. The first-order valence-electron chi connectivity index (χ1n) is 9.59. The molecule has 1 N–H and O–H groups in total. The Morgan fingerprint density at radius 1 is 1.13 bits per heavy atom. The summed E-state index contributed by atoms with van der Waals surface area (Å²) in [6, 6.07) is 6.92. The van der Waals surface area contributed by atoms with Crippen LogP contribution in [0, 0.1) is 17.6 Å². The molecule has 0 atom stereocenters. The lowest BCUT2D eigenvalue weighted by molar-refractivity contribution is -0.120. The third-order valence-electron chi connectivity index (χ3n) is 5.36. The summed E-state index contributed by atoms with van der Waals surface area (Å²) in [5, 5.41) is 3.53. The Balaban J connectivity index is 1.32. The number of amides is 1. The molecule has 0 aliphatic carbocycles. The molecule has 1 amide bonds. The number of carbonyl (C=O) groups is 1. The van der Waals surface area contributed by atoms with E-state index in [1.54, 1.807) is 23.9 Å². The Hall–Kier alpha value is -3.20. The van der Waals surface area contributed by atoms with E-state index in [0.29, 0.717) is 25.9 Å². The van der Waals surface area contributed by atoms with E-state index in [4.69, 9.17) is 0 Å². The number of carbonyl (C=O) groups excluding carboxylic acids is 1. The highest BCUT2D eigenvalue weighted by Crippen LogP contribution is 2.37. The van der Waals surface area contributed by atoms with Gasteiger partial charge in [0, 0.05) is 36.7 Å². The van der Waals surface area contributed by atoms with Crippen LogP contribution < -0.4 is 10.2 Å². The van der Waals surface area contributed by atoms with Crippen molar-refractivity contribution in [3.8, 4) is 0 Å². The van der Waals surface area contributed by atoms with Crippen LogP contribution in [0.3, 0.4) is 0 Å². The molecule has 0 bridgehead atoms. The van der Waals surface area contributed by atoms with Crippen molar-refractivity contribution in [1.29, 1.82) is 0 Å². The van der Waals surface area contributed by atoms with Crippen LogP contribution in [-0.2, 0) is 4.79 Å². The molecule has 1 aliphatic rings. The molecule has 30 heavy (non-hydrogen) atoms. The molecular formula is C21H17F2N5OS. The summed E-state index contributed by atoms with van der Waals surface area (Å²) in [4.78, 5) is 29.0. The maximum Gasteiger partial charge on any atom is 0.227 e. The monoisotopic (exact) mass is 425 g/mol. The molecule has 1 fully saturated rings. The van der Waals surface area contributed by atoms with Crippen molar-refractivity contribution in [2.75, 3.05) is 23.3 Å². The summed E-state index contributed by atoms with van der Waals surface area (Å²) in [6.07, 6.45) is 4.51. The maximum absolute atomic E-state index is 13.8. The van der Waals surface area contributed by atoms with E-state index in [1.165, 1.54) is 0 Å². The zero-order valence-electron chi connectivity index (χ0n) is 15.8. The lowest BCUT2D eigenvalue weighted by atomic mass is 9.95. The Morgan fingerprint density at radius 3 is 2.80 bits per heavy atom. The average molecular weight is 425 g/mol. The minimum absolute atomic E-state index is 0.127. The van der Waals surface area contributed by atoms with Gasteiger partial charge < -0.3 is 10.2 Å². The van der Waals surface area contributed by atoms with Crippen LogP contribution in [-0.4, -0.2) is 33.9 Å². The highest BCUT2D eigenvalue weighted by Gasteiger charge is 2.27. The summed E-state index contributed by atoms with van der Waals surface area (Å²) >= 11 is 1.56. The summed E-state index contributed by atoms with van der Waals surface area (Å²) < 4.78 is 28.1. The molecule has 4 aromatic rings. The predicted octanol–water partition coefficient (Wildman–Crippen LogP) is 4.37. The number of pyridine rings is 1. The van der Waals surface area contributed by atoms with Gasteiger partial charge in [0.25, 0.3) is 0 Å². The molecule has 1 aromatic carbocycles. The van der Waals surface area contributed by atoms with E-state index in [0.717, 1.165) is 44.5 Å². The Labute approximate surface area is 174 Å². The fourth-order valence-electron chi connectivity index (χ4n) is 3.81. The summed E-state index contributed by atoms with van der Waals surface area (Å²) in [7, 11) is 0. The molecule has 0 spiro atoms. The number of hydrogen-bond donors (Lipinski definition) is 1. The summed E-state index contributed by atoms with van der Waals surface area (Å²) in [5.74, 6) is -0.961. The molecule has 0 saturated carbocycles. The van der Waals surface area contributed by atoms with Crippen LogP contribution in [0.1, 0.15) is 12.8 Å². The van der Waals surface area contributed by atoms with Gasteiger partial charge in [0.15, 0.2) is 0 Å². The van der Waals surface area contributed by atoms with E-state index >= 15 is 0 Å². The lowest BCUT2D eigenvalue weighted by Crippen LogP contribution is -2.38. The third kappa shape index (κ3) is 3.35. The molecule has 5 rings (SSSR count). The fraction of sp³-hybridized carbons (Fsp3) is 0.238. The Bertz CT molecular complexity index is 1250. The van der Waals surface area contributed by atoms with Gasteiger partial charge in [0.1, 0.15) is 28.6 Å². The molecular weight excluding hydrogens is 408 g/mol. The van der Waals surface area contributed by atoms with Crippen molar-refractivity contribution in [3.05, 3.63) is 54.5 Å². The van der Waals surface area contributed by atoms with Crippen molar-refractivity contribution < 1.29 is 13.6 Å². The van der Waals surface area contributed by atoms with Crippen molar-refractivity contribution in [1.82, 2.24) is 15.0 Å². The SMILES string of the molecule is O=C(Nc1cc(F)ccc1F)C1CCN(c2ncnc3c2sc2ncccc23)CC1. The second-order valence-corrected chi connectivity index (χ2v) is 8.21. The van der Waals surface area contributed by atoms with Crippen molar-refractivity contribution >= 4 is 49.2 Å². The predicted molar refractivity (Wildman–Crippen MR) is 113 cm³/mol. The molecule has 0 radical (unpaired) electrons. The van der Waals surface area contributed by atoms with E-state index < -0.39 is 11.6 Å². The molecule has 4 heterocycles. The largest absolute Gasteiger partial charge is 0.355 e. The van der Waals surface area contributed by atoms with Gasteiger partial charge in [-0.2, -0.15) is 0 Å². The van der Waals surface area contributed by atoms with E-state index in [9.17, 15) is 13.6 Å². The molecule has 3 aromatic heterocycles. The highest BCUT2D eigenvalue weighted by atomic mass is 32.1. The maximum atomic E-state index is 13.8. The zero-order valence-corrected chi connectivity index (χ0v) is 16.6. The first-order chi connectivity index (χ1) is 14.6. The van der Waals surface area contributed by atoms with Gasteiger partial charge in [-0.15, -0.1) is 11.3 Å². The normalized spacial score (nSPS) is 15.1. The second-order valence-electron chi connectivity index (χ2n) is 7.21. The van der Waals surface area contributed by atoms with Crippen LogP contribution in [0.2, 0.25) is 0 Å². The van der Waals surface area contributed by atoms with Crippen LogP contribution >= 0.6 is 11.3 Å². The number of thiophene rings is 1. The molecule has 0 unspecified atom stereocenters. The number of rotatable bonds is 3. The van der Waals surface area contributed by atoms with Crippen LogP contribution in [0.25, 0.3) is 20.4 Å². The smallest absolute Gasteiger partial charge is 0.227 e. The molecule has 1 aliphatic heterocycles. The van der Waals surface area contributed by atoms with Gasteiger partial charge in [-0.3, -0.25) is 4.79 Å². The Kier molecular flexibility index (Phi) is 4.74. The highest BCUT2D eigenvalue weighted by molar-refractivity contribution is 7.25. The number of piperidine rings is 1. The van der Waals surface area contributed by atoms with Crippen LogP contribution in [0.5, 0.6) is 0 Å². The number of halogens is 2. The lowest BCUT2D eigenvalue weighted by Gasteiger charge is -2.32. The number of fused-ring (bicyclic) bond motifs is 3. The van der Waals surface area contributed by atoms with Gasteiger partial charge in [-0.25, -0.2) is 23.7 Å². The number of hydrogen-bond acceptors (Lipinski definition) is 6. The summed E-state index contributed by atoms with van der Waals surface area (Å²) in [5.41, 5.74) is 0.757. The molecule has 1 saturated heterocycles. The fourth-order valence-corrected chi connectivity index (χ4v) is 4.92. The Morgan fingerprint density at radius 2 is 1.97 bits per heavy atom. The second kappa shape index (κ2) is 7.56. The number of aromatic nitrogens is 3. The van der Waals surface area contributed by atoms with Gasteiger partial charge >= 0.3 is 0 Å². The van der Waals surface area contributed by atoms with Gasteiger partial charge in [0.2, 0.25) is 5.91 Å².